The predicted octanol–water partition coefficient (Wildman–Crippen LogP) is 4.65. The van der Waals surface area contributed by atoms with Gasteiger partial charge in [-0.05, 0) is 25.5 Å². The molecule has 0 unspecified atom stereocenters. The number of halogens is 3. The van der Waals surface area contributed by atoms with Gasteiger partial charge in [0.1, 0.15) is 29.2 Å². The third-order valence-electron chi connectivity index (χ3n) is 2.93. The molecule has 0 saturated heterocycles. The number of carboxylic acids is 1. The van der Waals surface area contributed by atoms with Crippen LogP contribution in [0.4, 0.5) is 0 Å². The molecule has 0 atom stereocenters. The van der Waals surface area contributed by atoms with Crippen molar-refractivity contribution in [2.45, 2.75) is 19.8 Å². The second kappa shape index (κ2) is 11.1. The first-order chi connectivity index (χ1) is 11.8. The zero-order valence-corrected chi connectivity index (χ0v) is 16.0. The van der Waals surface area contributed by atoms with Crippen molar-refractivity contribution in [1.82, 2.24) is 0 Å². The normalized spacial score (nSPS) is 11.0. The van der Waals surface area contributed by atoms with Crippen LogP contribution in [0.15, 0.2) is 27.9 Å². The van der Waals surface area contributed by atoms with Crippen molar-refractivity contribution < 1.29 is 24.2 Å². The minimum Gasteiger partial charge on any atom is -0.494 e. The summed E-state index contributed by atoms with van der Waals surface area (Å²) in [7, 11) is 1.49. The van der Waals surface area contributed by atoms with Crippen molar-refractivity contribution in [3.05, 3.63) is 33.3 Å². The van der Waals surface area contributed by atoms with E-state index in [1.807, 2.05) is 0 Å². The van der Waals surface area contributed by atoms with E-state index in [-0.39, 0.29) is 24.1 Å². The van der Waals surface area contributed by atoms with Crippen LogP contribution in [0, 0.1) is 0 Å². The number of carboxylic acid groups (broad SMARTS) is 1. The number of aliphatic carboxylic acids is 1. The highest BCUT2D eigenvalue weighted by molar-refractivity contribution is 6.55. The Bertz CT molecular complexity index is 657. The Morgan fingerprint density at radius 3 is 2.68 bits per heavy atom. The lowest BCUT2D eigenvalue weighted by molar-refractivity contribution is -0.137. The first-order valence-corrected chi connectivity index (χ1v) is 8.38. The quantitative estimate of drug-likeness (QED) is 0.345. The van der Waals surface area contributed by atoms with E-state index in [4.69, 9.17) is 54.2 Å². The molecule has 6 nitrogen and oxygen atoms in total. The van der Waals surface area contributed by atoms with E-state index in [2.05, 4.69) is 5.16 Å². The van der Waals surface area contributed by atoms with Gasteiger partial charge in [0.2, 0.25) is 0 Å². The molecule has 1 rings (SSSR count). The summed E-state index contributed by atoms with van der Waals surface area (Å²) >= 11 is 17.3. The van der Waals surface area contributed by atoms with E-state index in [1.165, 1.54) is 13.2 Å². The molecule has 1 aromatic carbocycles. The molecule has 0 aliphatic carbocycles. The molecule has 138 valence electrons. The van der Waals surface area contributed by atoms with Crippen molar-refractivity contribution in [2.24, 2.45) is 5.16 Å². The second-order valence-electron chi connectivity index (χ2n) is 4.80. The fourth-order valence-corrected chi connectivity index (χ4v) is 2.22. The molecule has 25 heavy (non-hydrogen) atoms. The molecule has 1 N–H and O–H groups in total. The molecular weight excluding hydrogens is 393 g/mol. The number of nitrogens with zero attached hydrogens (tertiary/aromatic N) is 1. The van der Waals surface area contributed by atoms with Gasteiger partial charge in [0.15, 0.2) is 0 Å². The maximum Gasteiger partial charge on any atom is 0.303 e. The first-order valence-electron chi connectivity index (χ1n) is 7.25. The summed E-state index contributed by atoms with van der Waals surface area (Å²) < 4.78 is 10.9. The van der Waals surface area contributed by atoms with Crippen LogP contribution in [0.2, 0.25) is 5.02 Å². The molecule has 0 aliphatic rings. The van der Waals surface area contributed by atoms with Crippen LogP contribution in [-0.4, -0.2) is 37.1 Å². The summed E-state index contributed by atoms with van der Waals surface area (Å²) in [6, 6.07) is 3.29. The summed E-state index contributed by atoms with van der Waals surface area (Å²) in [5, 5.41) is 12.9. The summed E-state index contributed by atoms with van der Waals surface area (Å²) in [6.07, 6.45) is 1.87. The Kier molecular flexibility index (Phi) is 9.49. The minimum atomic E-state index is -0.881. The van der Waals surface area contributed by atoms with Gasteiger partial charge in [-0.15, -0.1) is 0 Å². The van der Waals surface area contributed by atoms with E-state index >= 15 is 0 Å². The standard InChI is InChI=1S/C16H18Cl3NO5/c1-10(20-25-6-3-4-15(21)22)12-8-11(24-7-5-14(18)19)9-13(17)16(12)23-2/h5,8-9H,3-4,6-7H2,1-2H3,(H,21,22)/b20-10+. The lowest BCUT2D eigenvalue weighted by Crippen LogP contribution is -2.04. The Hall–Kier alpha value is -1.63. The Morgan fingerprint density at radius 2 is 2.08 bits per heavy atom. The largest absolute Gasteiger partial charge is 0.494 e. The van der Waals surface area contributed by atoms with Crippen molar-refractivity contribution in [3.63, 3.8) is 0 Å². The molecular formula is C16H18Cl3NO5. The van der Waals surface area contributed by atoms with Gasteiger partial charge in [0.05, 0.1) is 17.8 Å². The third-order valence-corrected chi connectivity index (χ3v) is 3.52. The second-order valence-corrected chi connectivity index (χ2v) is 6.21. The van der Waals surface area contributed by atoms with E-state index in [0.717, 1.165) is 0 Å². The topological polar surface area (TPSA) is 77.3 Å². The number of methoxy groups -OCH3 is 1. The number of hydrogen-bond donors (Lipinski definition) is 1. The molecule has 0 saturated carbocycles. The summed E-state index contributed by atoms with van der Waals surface area (Å²) in [5.41, 5.74) is 1.09. The summed E-state index contributed by atoms with van der Waals surface area (Å²) in [5.74, 6) is 0.0242. The number of carbonyl (C=O) groups is 1. The van der Waals surface area contributed by atoms with Gasteiger partial charge in [-0.2, -0.15) is 0 Å². The maximum atomic E-state index is 10.4. The molecule has 0 bridgehead atoms. The van der Waals surface area contributed by atoms with Gasteiger partial charge in [0, 0.05) is 18.1 Å². The van der Waals surface area contributed by atoms with E-state index in [1.54, 1.807) is 19.1 Å². The van der Waals surface area contributed by atoms with Crippen molar-refractivity contribution in [1.29, 1.82) is 0 Å². The highest BCUT2D eigenvalue weighted by Gasteiger charge is 2.14. The van der Waals surface area contributed by atoms with Gasteiger partial charge in [-0.3, -0.25) is 4.79 Å². The van der Waals surface area contributed by atoms with Crippen LogP contribution in [0.1, 0.15) is 25.3 Å². The number of oxime groups is 1. The Balaban J connectivity index is 2.88. The summed E-state index contributed by atoms with van der Waals surface area (Å²) in [6.45, 7) is 2.08. The monoisotopic (exact) mass is 409 g/mol. The molecule has 1 aromatic rings. The van der Waals surface area contributed by atoms with Crippen LogP contribution in [-0.2, 0) is 9.63 Å². The molecule has 0 radical (unpaired) electrons. The van der Waals surface area contributed by atoms with Gasteiger partial charge in [0.25, 0.3) is 0 Å². The Morgan fingerprint density at radius 1 is 1.36 bits per heavy atom. The van der Waals surface area contributed by atoms with Gasteiger partial charge < -0.3 is 19.4 Å². The lowest BCUT2D eigenvalue weighted by Gasteiger charge is -2.13. The van der Waals surface area contributed by atoms with Crippen LogP contribution >= 0.6 is 34.8 Å². The van der Waals surface area contributed by atoms with E-state index in [0.29, 0.717) is 34.2 Å². The smallest absolute Gasteiger partial charge is 0.303 e. The van der Waals surface area contributed by atoms with Gasteiger partial charge >= 0.3 is 5.97 Å². The highest BCUT2D eigenvalue weighted by Crippen LogP contribution is 2.34. The fourth-order valence-electron chi connectivity index (χ4n) is 1.81. The number of hydrogen-bond acceptors (Lipinski definition) is 5. The third kappa shape index (κ3) is 7.86. The van der Waals surface area contributed by atoms with Crippen LogP contribution in [0.25, 0.3) is 0 Å². The van der Waals surface area contributed by atoms with Gasteiger partial charge in [-0.25, -0.2) is 0 Å². The van der Waals surface area contributed by atoms with Crippen LogP contribution < -0.4 is 9.47 Å². The molecule has 9 heteroatoms. The number of ether oxygens (including phenoxy) is 2. The average molecular weight is 411 g/mol. The highest BCUT2D eigenvalue weighted by atomic mass is 35.5. The first kappa shape index (κ1) is 21.4. The van der Waals surface area contributed by atoms with Gasteiger partial charge in [-0.1, -0.05) is 40.0 Å². The number of rotatable bonds is 10. The predicted molar refractivity (Wildman–Crippen MR) is 98.3 cm³/mol. The molecule has 0 amide bonds. The number of benzene rings is 1. The van der Waals surface area contributed by atoms with E-state index in [9.17, 15) is 4.79 Å². The zero-order valence-electron chi connectivity index (χ0n) is 13.7. The van der Waals surface area contributed by atoms with Crippen molar-refractivity contribution in [3.8, 4) is 11.5 Å². The zero-order chi connectivity index (χ0) is 18.8. The molecule has 0 fully saturated rings. The minimum absolute atomic E-state index is 0.0176. The summed E-state index contributed by atoms with van der Waals surface area (Å²) in [4.78, 5) is 15.6. The van der Waals surface area contributed by atoms with Crippen molar-refractivity contribution >= 4 is 46.5 Å². The Labute approximate surface area is 160 Å². The average Bonchev–Trinajstić information content (AvgIpc) is 2.53. The lowest BCUT2D eigenvalue weighted by atomic mass is 10.1. The molecule has 0 heterocycles. The van der Waals surface area contributed by atoms with E-state index < -0.39 is 5.97 Å². The van der Waals surface area contributed by atoms with Crippen LogP contribution in [0.5, 0.6) is 11.5 Å². The SMILES string of the molecule is COc1c(Cl)cc(OCC=C(Cl)Cl)cc1/C(C)=N/OCCCC(=O)O. The van der Waals surface area contributed by atoms with Crippen molar-refractivity contribution in [2.75, 3.05) is 20.3 Å². The maximum absolute atomic E-state index is 10.4. The molecule has 0 aliphatic heterocycles. The van der Waals surface area contributed by atoms with Crippen LogP contribution in [0.3, 0.4) is 0 Å². The fraction of sp³-hybridized carbons (Fsp3) is 0.375. The molecule has 0 spiro atoms. The molecule has 0 aromatic heterocycles.